The van der Waals surface area contributed by atoms with Crippen LogP contribution in [-0.2, 0) is 21.4 Å². The number of hydrogen-bond donors (Lipinski definition) is 0. The van der Waals surface area contributed by atoms with Crippen LogP contribution in [0.2, 0.25) is 0 Å². The normalized spacial score (nSPS) is 11.7. The molecule has 0 unspecified atom stereocenters. The molecule has 0 aliphatic heterocycles. The van der Waals surface area contributed by atoms with E-state index < -0.39 is 5.41 Å². The number of rotatable bonds is 5. The molecule has 1 aromatic rings. The molecule has 0 saturated heterocycles. The fraction of sp³-hybridized carbons (Fsp3) is 0.562. The number of carbonyl (C=O) groups is 1. The summed E-state index contributed by atoms with van der Waals surface area (Å²) in [6.45, 7) is 10.5. The number of benzene rings is 1. The van der Waals surface area contributed by atoms with Gasteiger partial charge in [0.1, 0.15) is 0 Å². The third kappa shape index (κ3) is 3.59. The van der Waals surface area contributed by atoms with Gasteiger partial charge in [0, 0.05) is 0 Å². The van der Waals surface area contributed by atoms with Gasteiger partial charge in [0.05, 0.1) is 12.0 Å². The lowest BCUT2D eigenvalue weighted by molar-refractivity contribution is -0.148. The van der Waals surface area contributed by atoms with Crippen LogP contribution < -0.4 is 0 Å². The summed E-state index contributed by atoms with van der Waals surface area (Å²) in [6, 6.07) is 8.29. The molecule has 0 heterocycles. The third-order valence-electron chi connectivity index (χ3n) is 3.11. The van der Waals surface area contributed by atoms with Gasteiger partial charge in [-0.15, -0.1) is 0 Å². The molecule has 100 valence electrons. The molecular formula is C16H24O2. The lowest BCUT2D eigenvalue weighted by Crippen LogP contribution is -2.31. The van der Waals surface area contributed by atoms with Crippen LogP contribution in [0.3, 0.4) is 0 Å². The maximum Gasteiger partial charge on any atom is 0.315 e. The molecule has 0 amide bonds. The fourth-order valence-electron chi connectivity index (χ4n) is 1.96. The van der Waals surface area contributed by atoms with E-state index in [-0.39, 0.29) is 5.97 Å². The maximum atomic E-state index is 11.9. The van der Waals surface area contributed by atoms with Crippen LogP contribution in [0.15, 0.2) is 24.3 Å². The molecule has 0 aromatic heterocycles. The first-order chi connectivity index (χ1) is 8.37. The van der Waals surface area contributed by atoms with Gasteiger partial charge in [-0.05, 0) is 44.2 Å². The summed E-state index contributed by atoms with van der Waals surface area (Å²) in [4.78, 5) is 11.9. The van der Waals surface area contributed by atoms with Crippen molar-refractivity contribution in [1.82, 2.24) is 0 Å². The molecule has 0 spiro atoms. The Kier molecular flexibility index (Phi) is 4.94. The highest BCUT2D eigenvalue weighted by atomic mass is 16.5. The highest BCUT2D eigenvalue weighted by Gasteiger charge is 2.31. The van der Waals surface area contributed by atoms with Gasteiger partial charge in [-0.25, -0.2) is 0 Å². The van der Waals surface area contributed by atoms with Crippen molar-refractivity contribution in [2.75, 3.05) is 6.61 Å². The molecule has 0 N–H and O–H groups in total. The quantitative estimate of drug-likeness (QED) is 0.742. The zero-order valence-electron chi connectivity index (χ0n) is 12.1. The summed E-state index contributed by atoms with van der Waals surface area (Å²) in [5.41, 5.74) is 1.74. The molecule has 0 radical (unpaired) electrons. The summed E-state index contributed by atoms with van der Waals surface area (Å²) < 4.78 is 5.12. The minimum Gasteiger partial charge on any atom is -0.465 e. The van der Waals surface area contributed by atoms with E-state index in [4.69, 9.17) is 4.74 Å². The zero-order chi connectivity index (χ0) is 13.8. The van der Waals surface area contributed by atoms with Crippen LogP contribution in [0.1, 0.15) is 45.7 Å². The van der Waals surface area contributed by atoms with Gasteiger partial charge in [0.15, 0.2) is 0 Å². The largest absolute Gasteiger partial charge is 0.465 e. The Balaban J connectivity index is 2.86. The summed E-state index contributed by atoms with van der Waals surface area (Å²) in [5, 5.41) is 0. The van der Waals surface area contributed by atoms with Gasteiger partial charge in [0.2, 0.25) is 0 Å². The second-order valence-corrected chi connectivity index (χ2v) is 5.64. The SMILES string of the molecule is CCOC(=O)C(C)(C)c1ccc(CC(C)C)cc1. The summed E-state index contributed by atoms with van der Waals surface area (Å²) >= 11 is 0. The van der Waals surface area contributed by atoms with Crippen LogP contribution in [0.4, 0.5) is 0 Å². The molecular weight excluding hydrogens is 224 g/mol. The van der Waals surface area contributed by atoms with Gasteiger partial charge >= 0.3 is 5.97 Å². The third-order valence-corrected chi connectivity index (χ3v) is 3.11. The first-order valence-electron chi connectivity index (χ1n) is 6.64. The smallest absolute Gasteiger partial charge is 0.315 e. The number of carbonyl (C=O) groups excluding carboxylic acids is 1. The Morgan fingerprint density at radius 3 is 2.22 bits per heavy atom. The molecule has 1 aromatic carbocycles. The van der Waals surface area contributed by atoms with Crippen molar-refractivity contribution in [3.63, 3.8) is 0 Å². The summed E-state index contributed by atoms with van der Waals surface area (Å²) in [6.07, 6.45) is 1.07. The Labute approximate surface area is 110 Å². The number of hydrogen-bond acceptors (Lipinski definition) is 2. The van der Waals surface area contributed by atoms with Crippen LogP contribution in [-0.4, -0.2) is 12.6 Å². The number of ether oxygens (including phenoxy) is 1. The number of esters is 1. The maximum absolute atomic E-state index is 11.9. The predicted molar refractivity (Wildman–Crippen MR) is 74.6 cm³/mol. The molecule has 0 bridgehead atoms. The van der Waals surface area contributed by atoms with Gasteiger partial charge in [-0.3, -0.25) is 4.79 Å². The molecule has 2 heteroatoms. The lowest BCUT2D eigenvalue weighted by atomic mass is 9.84. The highest BCUT2D eigenvalue weighted by Crippen LogP contribution is 2.25. The molecule has 0 saturated carbocycles. The molecule has 0 aliphatic rings. The molecule has 1 rings (SSSR count). The molecule has 0 atom stereocenters. The van der Waals surface area contributed by atoms with E-state index in [1.165, 1.54) is 5.56 Å². The van der Waals surface area contributed by atoms with E-state index >= 15 is 0 Å². The summed E-state index contributed by atoms with van der Waals surface area (Å²) in [7, 11) is 0. The van der Waals surface area contributed by atoms with Crippen LogP contribution in [0, 0.1) is 5.92 Å². The van der Waals surface area contributed by atoms with Gasteiger partial charge in [-0.1, -0.05) is 38.1 Å². The zero-order valence-corrected chi connectivity index (χ0v) is 12.1. The van der Waals surface area contributed by atoms with Crippen molar-refractivity contribution in [3.05, 3.63) is 35.4 Å². The average Bonchev–Trinajstić information content (AvgIpc) is 2.29. The van der Waals surface area contributed by atoms with Crippen LogP contribution in [0.25, 0.3) is 0 Å². The minimum absolute atomic E-state index is 0.165. The molecule has 0 fully saturated rings. The van der Waals surface area contributed by atoms with Crippen LogP contribution >= 0.6 is 0 Å². The van der Waals surface area contributed by atoms with E-state index in [1.807, 2.05) is 32.9 Å². The Morgan fingerprint density at radius 2 is 1.78 bits per heavy atom. The van der Waals surface area contributed by atoms with E-state index in [1.54, 1.807) is 0 Å². The molecule has 0 aliphatic carbocycles. The topological polar surface area (TPSA) is 26.3 Å². The van der Waals surface area contributed by atoms with E-state index in [0.717, 1.165) is 12.0 Å². The summed E-state index contributed by atoms with van der Waals surface area (Å²) in [5.74, 6) is 0.482. The standard InChI is InChI=1S/C16H24O2/c1-6-18-15(17)16(4,5)14-9-7-13(8-10-14)11-12(2)3/h7-10,12H,6,11H2,1-5H3. The van der Waals surface area contributed by atoms with E-state index in [2.05, 4.69) is 26.0 Å². The Bertz CT molecular complexity index is 388. The Hall–Kier alpha value is -1.31. The first kappa shape index (κ1) is 14.7. The van der Waals surface area contributed by atoms with Crippen molar-refractivity contribution in [2.24, 2.45) is 5.92 Å². The van der Waals surface area contributed by atoms with Crippen molar-refractivity contribution < 1.29 is 9.53 Å². The minimum atomic E-state index is -0.577. The van der Waals surface area contributed by atoms with Crippen molar-refractivity contribution in [1.29, 1.82) is 0 Å². The van der Waals surface area contributed by atoms with Gasteiger partial charge in [-0.2, -0.15) is 0 Å². The first-order valence-corrected chi connectivity index (χ1v) is 6.64. The van der Waals surface area contributed by atoms with Crippen molar-refractivity contribution in [3.8, 4) is 0 Å². The predicted octanol–water partition coefficient (Wildman–Crippen LogP) is 3.73. The van der Waals surface area contributed by atoms with Crippen molar-refractivity contribution >= 4 is 5.97 Å². The molecule has 2 nitrogen and oxygen atoms in total. The van der Waals surface area contributed by atoms with Gasteiger partial charge in [0.25, 0.3) is 0 Å². The molecule has 18 heavy (non-hydrogen) atoms. The van der Waals surface area contributed by atoms with E-state index in [9.17, 15) is 4.79 Å². The second kappa shape index (κ2) is 6.03. The fourth-order valence-corrected chi connectivity index (χ4v) is 1.96. The highest BCUT2D eigenvalue weighted by molar-refractivity contribution is 5.82. The van der Waals surface area contributed by atoms with Crippen LogP contribution in [0.5, 0.6) is 0 Å². The van der Waals surface area contributed by atoms with Crippen molar-refractivity contribution in [2.45, 2.75) is 46.5 Å². The average molecular weight is 248 g/mol. The monoisotopic (exact) mass is 248 g/mol. The second-order valence-electron chi connectivity index (χ2n) is 5.64. The Morgan fingerprint density at radius 1 is 1.22 bits per heavy atom. The van der Waals surface area contributed by atoms with E-state index in [0.29, 0.717) is 12.5 Å². The lowest BCUT2D eigenvalue weighted by Gasteiger charge is -2.23. The van der Waals surface area contributed by atoms with Gasteiger partial charge < -0.3 is 4.74 Å².